The molecule has 0 bridgehead atoms. The smallest absolute Gasteiger partial charge is 0.251 e. The van der Waals surface area contributed by atoms with E-state index in [0.29, 0.717) is 16.4 Å². The molecule has 0 amide bonds. The van der Waals surface area contributed by atoms with Crippen LogP contribution < -0.4 is 5.56 Å². The van der Waals surface area contributed by atoms with Crippen molar-refractivity contribution in [3.63, 3.8) is 0 Å². The van der Waals surface area contributed by atoms with Gasteiger partial charge in [-0.05, 0) is 49.4 Å². The van der Waals surface area contributed by atoms with E-state index in [9.17, 15) is 13.2 Å². The monoisotopic (exact) mass is 357 g/mol. The largest absolute Gasteiger partial charge is 0.322 e. The van der Waals surface area contributed by atoms with E-state index in [2.05, 4.69) is 11.1 Å². The van der Waals surface area contributed by atoms with Crippen LogP contribution >= 0.6 is 0 Å². The third kappa shape index (κ3) is 4.10. The molecule has 0 saturated heterocycles. The van der Waals surface area contributed by atoms with E-state index in [0.717, 1.165) is 29.7 Å². The van der Waals surface area contributed by atoms with Crippen molar-refractivity contribution in [3.05, 3.63) is 69.6 Å². The topological polar surface area (TPSA) is 67.0 Å². The lowest BCUT2D eigenvalue weighted by atomic mass is 9.96. The number of benzene rings is 1. The molecule has 0 aliphatic heterocycles. The van der Waals surface area contributed by atoms with Gasteiger partial charge in [0.1, 0.15) is 0 Å². The molecule has 2 aromatic rings. The summed E-state index contributed by atoms with van der Waals surface area (Å²) in [5.41, 5.74) is 3.23. The van der Waals surface area contributed by atoms with Crippen LogP contribution in [0, 0.1) is 12.8 Å². The molecular formula is C20H23NO3S. The molecule has 25 heavy (non-hydrogen) atoms. The Balaban J connectivity index is 2.07. The SMILES string of the molecule is Cc1ccc(C(=CC2CCCC2)c2ccc(S(C)(=O)=O)cc2)[nH]c1=O. The first kappa shape index (κ1) is 17.7. The molecule has 1 fully saturated rings. The predicted octanol–water partition coefficient (Wildman–Crippen LogP) is 3.71. The second kappa shape index (κ2) is 7.00. The van der Waals surface area contributed by atoms with Crippen molar-refractivity contribution in [2.45, 2.75) is 37.5 Å². The summed E-state index contributed by atoms with van der Waals surface area (Å²) in [4.78, 5) is 15.3. The Morgan fingerprint density at radius 3 is 2.28 bits per heavy atom. The second-order valence-corrected chi connectivity index (χ2v) is 8.82. The molecule has 1 N–H and O–H groups in total. The third-order valence-corrected chi connectivity index (χ3v) is 5.92. The average molecular weight is 357 g/mol. The normalized spacial score (nSPS) is 16.3. The van der Waals surface area contributed by atoms with Crippen LogP contribution in [-0.2, 0) is 9.84 Å². The highest BCUT2D eigenvalue weighted by atomic mass is 32.2. The number of aromatic amines is 1. The van der Waals surface area contributed by atoms with Gasteiger partial charge in [0.15, 0.2) is 9.84 Å². The zero-order valence-corrected chi connectivity index (χ0v) is 15.4. The molecule has 1 aromatic heterocycles. The molecule has 0 spiro atoms. The number of aryl methyl sites for hydroxylation is 1. The summed E-state index contributed by atoms with van der Waals surface area (Å²) in [6.07, 6.45) is 8.19. The van der Waals surface area contributed by atoms with Gasteiger partial charge in [0.25, 0.3) is 5.56 Å². The molecule has 0 unspecified atom stereocenters. The van der Waals surface area contributed by atoms with E-state index in [1.54, 1.807) is 19.1 Å². The van der Waals surface area contributed by atoms with Gasteiger partial charge in [0.2, 0.25) is 0 Å². The van der Waals surface area contributed by atoms with Gasteiger partial charge >= 0.3 is 0 Å². The molecule has 4 nitrogen and oxygen atoms in total. The molecule has 0 atom stereocenters. The van der Waals surface area contributed by atoms with Crippen LogP contribution in [-0.4, -0.2) is 19.7 Å². The van der Waals surface area contributed by atoms with E-state index in [1.807, 2.05) is 24.3 Å². The fourth-order valence-electron chi connectivity index (χ4n) is 3.29. The highest BCUT2D eigenvalue weighted by Gasteiger charge is 2.16. The van der Waals surface area contributed by atoms with Crippen molar-refractivity contribution in [2.24, 2.45) is 5.92 Å². The van der Waals surface area contributed by atoms with Crippen LogP contribution in [0.25, 0.3) is 5.57 Å². The van der Waals surface area contributed by atoms with E-state index in [4.69, 9.17) is 0 Å². The zero-order chi connectivity index (χ0) is 18.0. The fraction of sp³-hybridized carbons (Fsp3) is 0.350. The lowest BCUT2D eigenvalue weighted by molar-refractivity contribution is 0.602. The molecule has 3 rings (SSSR count). The summed E-state index contributed by atoms with van der Waals surface area (Å²) in [6, 6.07) is 10.6. The van der Waals surface area contributed by atoms with Crippen molar-refractivity contribution in [1.29, 1.82) is 0 Å². The van der Waals surface area contributed by atoms with Gasteiger partial charge in [-0.15, -0.1) is 0 Å². The van der Waals surface area contributed by atoms with E-state index in [1.165, 1.54) is 19.1 Å². The second-order valence-electron chi connectivity index (χ2n) is 6.81. The first-order chi connectivity index (χ1) is 11.8. The van der Waals surface area contributed by atoms with Crippen LogP contribution in [0.3, 0.4) is 0 Å². The van der Waals surface area contributed by atoms with Crippen molar-refractivity contribution in [2.75, 3.05) is 6.26 Å². The molecule has 0 radical (unpaired) electrons. The van der Waals surface area contributed by atoms with Crippen LogP contribution in [0.5, 0.6) is 0 Å². The standard InChI is InChI=1S/C20H23NO3S/c1-14-7-12-19(21-20(14)22)18(13-15-5-3-4-6-15)16-8-10-17(11-9-16)25(2,23)24/h7-13,15H,3-6H2,1-2H3,(H,21,22). The zero-order valence-electron chi connectivity index (χ0n) is 14.6. The summed E-state index contributed by atoms with van der Waals surface area (Å²) in [5, 5.41) is 0. The Hall–Kier alpha value is -2.14. The summed E-state index contributed by atoms with van der Waals surface area (Å²) in [7, 11) is -3.22. The van der Waals surface area contributed by atoms with Crippen molar-refractivity contribution in [3.8, 4) is 0 Å². The maximum absolute atomic E-state index is 12.0. The third-order valence-electron chi connectivity index (χ3n) is 4.79. The summed E-state index contributed by atoms with van der Waals surface area (Å²) in [5.74, 6) is 0.495. The van der Waals surface area contributed by atoms with Gasteiger partial charge in [0, 0.05) is 23.1 Å². The lowest BCUT2D eigenvalue weighted by Crippen LogP contribution is -2.11. The van der Waals surface area contributed by atoms with E-state index < -0.39 is 9.84 Å². The van der Waals surface area contributed by atoms with Crippen LogP contribution in [0.4, 0.5) is 0 Å². The van der Waals surface area contributed by atoms with Crippen molar-refractivity contribution < 1.29 is 8.42 Å². The fourth-order valence-corrected chi connectivity index (χ4v) is 3.92. The number of rotatable bonds is 4. The van der Waals surface area contributed by atoms with Crippen molar-refractivity contribution in [1.82, 2.24) is 4.98 Å². The maximum atomic E-state index is 12.0. The summed E-state index contributed by atoms with van der Waals surface area (Å²) in [6.45, 7) is 1.78. The number of hydrogen-bond acceptors (Lipinski definition) is 3. The quantitative estimate of drug-likeness (QED) is 0.907. The summed E-state index contributed by atoms with van der Waals surface area (Å²) >= 11 is 0. The van der Waals surface area contributed by atoms with Gasteiger partial charge in [-0.2, -0.15) is 0 Å². The van der Waals surface area contributed by atoms with Crippen molar-refractivity contribution >= 4 is 15.4 Å². The van der Waals surface area contributed by atoms with Crippen LogP contribution in [0.1, 0.15) is 42.5 Å². The highest BCUT2D eigenvalue weighted by Crippen LogP contribution is 2.31. The molecule has 1 heterocycles. The van der Waals surface area contributed by atoms with Gasteiger partial charge < -0.3 is 4.98 Å². The summed E-state index contributed by atoms with van der Waals surface area (Å²) < 4.78 is 23.4. The van der Waals surface area contributed by atoms with Crippen LogP contribution in [0.2, 0.25) is 0 Å². The number of pyridine rings is 1. The Labute approximate surface area is 148 Å². The molecular weight excluding hydrogens is 334 g/mol. The lowest BCUT2D eigenvalue weighted by Gasteiger charge is -2.12. The Morgan fingerprint density at radius 2 is 1.72 bits per heavy atom. The Kier molecular flexibility index (Phi) is 4.95. The number of sulfone groups is 1. The molecule has 1 aliphatic rings. The Bertz CT molecular complexity index is 947. The number of allylic oxidation sites excluding steroid dienone is 1. The average Bonchev–Trinajstić information content (AvgIpc) is 3.08. The molecule has 132 valence electrons. The highest BCUT2D eigenvalue weighted by molar-refractivity contribution is 7.90. The molecule has 5 heteroatoms. The minimum Gasteiger partial charge on any atom is -0.322 e. The van der Waals surface area contributed by atoms with Gasteiger partial charge in [0.05, 0.1) is 4.90 Å². The predicted molar refractivity (Wildman–Crippen MR) is 100 cm³/mol. The van der Waals surface area contributed by atoms with Crippen LogP contribution in [0.15, 0.2) is 52.2 Å². The van der Waals surface area contributed by atoms with E-state index in [-0.39, 0.29) is 5.56 Å². The number of nitrogens with one attached hydrogen (secondary N) is 1. The molecule has 1 aromatic carbocycles. The Morgan fingerprint density at radius 1 is 1.08 bits per heavy atom. The van der Waals surface area contributed by atoms with Gasteiger partial charge in [-0.3, -0.25) is 4.79 Å². The molecule has 1 saturated carbocycles. The van der Waals surface area contributed by atoms with Gasteiger partial charge in [-0.1, -0.05) is 37.1 Å². The minimum atomic E-state index is -3.22. The number of H-pyrrole nitrogens is 1. The first-order valence-corrected chi connectivity index (χ1v) is 10.5. The number of hydrogen-bond donors (Lipinski definition) is 1. The van der Waals surface area contributed by atoms with Gasteiger partial charge in [-0.25, -0.2) is 8.42 Å². The first-order valence-electron chi connectivity index (χ1n) is 8.57. The maximum Gasteiger partial charge on any atom is 0.251 e. The van der Waals surface area contributed by atoms with E-state index >= 15 is 0 Å². The molecule has 1 aliphatic carbocycles. The minimum absolute atomic E-state index is 0.0948. The number of aromatic nitrogens is 1.